The van der Waals surface area contributed by atoms with E-state index in [0.29, 0.717) is 16.9 Å². The van der Waals surface area contributed by atoms with Crippen LogP contribution in [-0.2, 0) is 0 Å². The lowest BCUT2D eigenvalue weighted by atomic mass is 10.1. The molecule has 0 fully saturated rings. The Kier molecular flexibility index (Phi) is 7.35. The molecule has 122 valence electrons. The molecule has 0 aliphatic rings. The zero-order valence-electron chi connectivity index (χ0n) is 13.8. The van der Waals surface area contributed by atoms with E-state index in [4.69, 9.17) is 12.2 Å². The van der Waals surface area contributed by atoms with E-state index >= 15 is 0 Å². The van der Waals surface area contributed by atoms with Crippen LogP contribution in [0.3, 0.4) is 0 Å². The van der Waals surface area contributed by atoms with Crippen LogP contribution in [0.2, 0.25) is 0 Å². The first-order valence-corrected chi connectivity index (χ1v) is 7.87. The van der Waals surface area contributed by atoms with Crippen molar-refractivity contribution in [2.24, 2.45) is 0 Å². The molecule has 1 N–H and O–H groups in total. The summed E-state index contributed by atoms with van der Waals surface area (Å²) in [6.45, 7) is 5.90. The van der Waals surface area contributed by atoms with Crippen LogP contribution < -0.4 is 10.2 Å². The SMILES string of the molecule is CC.CNc1ccc(C)cc1C(=O)N(C=S)c1cccc(F)c1. The summed E-state index contributed by atoms with van der Waals surface area (Å²) in [6.07, 6.45) is 0. The van der Waals surface area contributed by atoms with Gasteiger partial charge in [0.25, 0.3) is 5.91 Å². The van der Waals surface area contributed by atoms with Crippen LogP contribution in [0.5, 0.6) is 0 Å². The van der Waals surface area contributed by atoms with Crippen molar-refractivity contribution < 1.29 is 9.18 Å². The first-order chi connectivity index (χ1) is 11.1. The summed E-state index contributed by atoms with van der Waals surface area (Å²) in [5, 5.41) is 2.98. The van der Waals surface area contributed by atoms with Gasteiger partial charge in [0.05, 0.1) is 16.7 Å². The zero-order chi connectivity index (χ0) is 17.4. The molecule has 0 aromatic heterocycles. The van der Waals surface area contributed by atoms with Crippen LogP contribution in [0.25, 0.3) is 0 Å². The van der Waals surface area contributed by atoms with Crippen molar-refractivity contribution in [3.63, 3.8) is 0 Å². The highest BCUT2D eigenvalue weighted by molar-refractivity contribution is 7.79. The van der Waals surface area contributed by atoms with E-state index in [0.717, 1.165) is 5.56 Å². The molecule has 0 unspecified atom stereocenters. The summed E-state index contributed by atoms with van der Waals surface area (Å²) in [6, 6.07) is 11.3. The van der Waals surface area contributed by atoms with Gasteiger partial charge in [0.15, 0.2) is 0 Å². The molecule has 0 atom stereocenters. The van der Waals surface area contributed by atoms with Crippen molar-refractivity contribution in [3.05, 3.63) is 59.4 Å². The molecule has 2 aromatic carbocycles. The van der Waals surface area contributed by atoms with Gasteiger partial charge in [-0.1, -0.05) is 43.8 Å². The number of carbonyl (C=O) groups is 1. The summed E-state index contributed by atoms with van der Waals surface area (Å²) in [7, 11) is 1.74. The molecule has 23 heavy (non-hydrogen) atoms. The number of nitrogens with one attached hydrogen (secondary N) is 1. The Morgan fingerprint density at radius 2 is 1.91 bits per heavy atom. The van der Waals surface area contributed by atoms with Gasteiger partial charge >= 0.3 is 0 Å². The van der Waals surface area contributed by atoms with Gasteiger partial charge in [-0.2, -0.15) is 0 Å². The maximum Gasteiger partial charge on any atom is 0.265 e. The molecule has 1 amide bonds. The molecule has 0 radical (unpaired) electrons. The lowest BCUT2D eigenvalue weighted by molar-refractivity contribution is 0.100. The summed E-state index contributed by atoms with van der Waals surface area (Å²) in [4.78, 5) is 13.9. The summed E-state index contributed by atoms with van der Waals surface area (Å²) in [5.74, 6) is -0.719. The number of amides is 1. The third-order valence-corrected chi connectivity index (χ3v) is 3.30. The van der Waals surface area contributed by atoms with Crippen molar-refractivity contribution in [2.75, 3.05) is 17.3 Å². The lowest BCUT2D eigenvalue weighted by Gasteiger charge is -2.19. The van der Waals surface area contributed by atoms with E-state index in [1.807, 2.05) is 32.9 Å². The quantitative estimate of drug-likeness (QED) is 0.816. The normalized spacial score (nSPS) is 9.43. The fourth-order valence-corrected chi connectivity index (χ4v) is 2.25. The number of halogens is 1. The Balaban J connectivity index is 0.00000127. The summed E-state index contributed by atoms with van der Waals surface area (Å²) >= 11 is 4.92. The Labute approximate surface area is 142 Å². The van der Waals surface area contributed by atoms with Gasteiger partial charge in [-0.3, -0.25) is 9.69 Å². The second-order valence-electron chi connectivity index (χ2n) is 4.56. The van der Waals surface area contributed by atoms with Gasteiger partial charge in [-0.15, -0.1) is 0 Å². The van der Waals surface area contributed by atoms with Gasteiger partial charge in [-0.25, -0.2) is 4.39 Å². The smallest absolute Gasteiger partial charge is 0.265 e. The Morgan fingerprint density at radius 1 is 1.22 bits per heavy atom. The van der Waals surface area contributed by atoms with Crippen molar-refractivity contribution in [3.8, 4) is 0 Å². The number of hydrogen-bond donors (Lipinski definition) is 1. The molecule has 2 rings (SSSR count). The number of hydrogen-bond acceptors (Lipinski definition) is 3. The Morgan fingerprint density at radius 3 is 2.48 bits per heavy atom. The van der Waals surface area contributed by atoms with Gasteiger partial charge in [0.2, 0.25) is 0 Å². The monoisotopic (exact) mass is 332 g/mol. The molecular formula is C18H21FN2OS. The number of anilines is 2. The van der Waals surface area contributed by atoms with Gasteiger partial charge in [0.1, 0.15) is 5.82 Å². The molecule has 0 aliphatic carbocycles. The molecule has 2 aromatic rings. The topological polar surface area (TPSA) is 32.3 Å². The van der Waals surface area contributed by atoms with Crippen molar-refractivity contribution in [2.45, 2.75) is 20.8 Å². The second kappa shape index (κ2) is 9.00. The first-order valence-electron chi connectivity index (χ1n) is 7.39. The third kappa shape index (κ3) is 4.60. The molecule has 0 saturated carbocycles. The molecule has 0 heterocycles. The standard InChI is InChI=1S/C16H15FN2OS.C2H6/c1-11-6-7-15(18-2)14(8-11)16(20)19(10-21)13-5-3-4-12(17)9-13;1-2/h3-10,18H,1-2H3;1-2H3. The van der Waals surface area contributed by atoms with Crippen LogP contribution in [0.1, 0.15) is 29.8 Å². The van der Waals surface area contributed by atoms with Gasteiger partial charge < -0.3 is 5.32 Å². The maximum atomic E-state index is 13.3. The van der Waals surface area contributed by atoms with E-state index in [2.05, 4.69) is 5.32 Å². The molecule has 0 bridgehead atoms. The Bertz CT molecular complexity index is 688. The van der Waals surface area contributed by atoms with Crippen LogP contribution in [0.15, 0.2) is 42.5 Å². The Hall–Kier alpha value is -2.27. The average molecular weight is 332 g/mol. The van der Waals surface area contributed by atoms with E-state index in [-0.39, 0.29) is 5.91 Å². The summed E-state index contributed by atoms with van der Waals surface area (Å²) in [5.41, 5.74) is 3.77. The zero-order valence-corrected chi connectivity index (χ0v) is 14.6. The van der Waals surface area contributed by atoms with Crippen LogP contribution in [-0.4, -0.2) is 18.4 Å². The van der Waals surface area contributed by atoms with E-state index in [1.54, 1.807) is 25.2 Å². The molecule has 0 spiro atoms. The number of thiocarbonyl (C=S) groups is 1. The largest absolute Gasteiger partial charge is 0.387 e. The highest BCUT2D eigenvalue weighted by Gasteiger charge is 2.19. The fraction of sp³-hybridized carbons (Fsp3) is 0.222. The lowest BCUT2D eigenvalue weighted by Crippen LogP contribution is -2.29. The molecule has 0 aliphatic heterocycles. The minimum absolute atomic E-state index is 0.302. The minimum atomic E-state index is -0.416. The maximum absolute atomic E-state index is 13.3. The number of rotatable bonds is 4. The highest BCUT2D eigenvalue weighted by Crippen LogP contribution is 2.22. The molecule has 5 heteroatoms. The summed E-state index contributed by atoms with van der Waals surface area (Å²) < 4.78 is 13.3. The predicted octanol–water partition coefficient (Wildman–Crippen LogP) is 4.81. The van der Waals surface area contributed by atoms with E-state index in [9.17, 15) is 9.18 Å². The van der Waals surface area contributed by atoms with Crippen molar-refractivity contribution in [1.82, 2.24) is 0 Å². The highest BCUT2D eigenvalue weighted by atomic mass is 32.1. The van der Waals surface area contributed by atoms with Gasteiger partial charge in [-0.05, 0) is 37.3 Å². The molecular weight excluding hydrogens is 311 g/mol. The first kappa shape index (κ1) is 18.8. The third-order valence-electron chi connectivity index (χ3n) is 3.09. The number of aryl methyl sites for hydroxylation is 1. The molecule has 3 nitrogen and oxygen atoms in total. The number of benzene rings is 2. The number of nitrogens with zero attached hydrogens (tertiary/aromatic N) is 1. The average Bonchev–Trinajstić information content (AvgIpc) is 2.57. The molecule has 0 saturated heterocycles. The van der Waals surface area contributed by atoms with Crippen LogP contribution in [0, 0.1) is 12.7 Å². The van der Waals surface area contributed by atoms with Crippen LogP contribution in [0.4, 0.5) is 15.8 Å². The van der Waals surface area contributed by atoms with E-state index < -0.39 is 5.82 Å². The van der Waals surface area contributed by atoms with Crippen LogP contribution >= 0.6 is 12.2 Å². The predicted molar refractivity (Wildman–Crippen MR) is 98.9 cm³/mol. The minimum Gasteiger partial charge on any atom is -0.387 e. The van der Waals surface area contributed by atoms with Crippen molar-refractivity contribution in [1.29, 1.82) is 0 Å². The van der Waals surface area contributed by atoms with Crippen molar-refractivity contribution >= 4 is 35.0 Å². The number of carbonyl (C=O) groups excluding carboxylic acids is 1. The fourth-order valence-electron chi connectivity index (χ4n) is 2.03. The van der Waals surface area contributed by atoms with Gasteiger partial charge in [0, 0.05) is 12.7 Å². The van der Waals surface area contributed by atoms with E-state index in [1.165, 1.54) is 22.5 Å². The second-order valence-corrected chi connectivity index (χ2v) is 4.77.